The molecule has 286 valence electrons. The van der Waals surface area contributed by atoms with Crippen molar-refractivity contribution in [3.63, 3.8) is 0 Å². The third-order valence-corrected chi connectivity index (χ3v) is 10.8. The van der Waals surface area contributed by atoms with Gasteiger partial charge in [0.2, 0.25) is 11.8 Å². The molecule has 2 bridgehead atoms. The number of anilines is 1. The van der Waals surface area contributed by atoms with Crippen LogP contribution >= 0.6 is 0 Å². The number of nitrogens with one attached hydrogen (secondary N) is 1. The van der Waals surface area contributed by atoms with Crippen molar-refractivity contribution in [3.8, 4) is 0 Å². The molecular formula is C42H55N3O8. The van der Waals surface area contributed by atoms with Gasteiger partial charge in [0.15, 0.2) is 0 Å². The SMILES string of the molecule is C=CCCC(=O)N[C@H](COC)[C@H](OC(=O)[C@@H]1[C@H]2C(=O)N([C@@H](CO)CC(C)C)[C@H](C(=O)N(CC=C)c3cc(C)ccc3C)[C@]23CC[C@H]1O3)c1ccccc1. The zero-order chi connectivity index (χ0) is 38.4. The summed E-state index contributed by atoms with van der Waals surface area (Å²) in [5.41, 5.74) is 1.86. The highest BCUT2D eigenvalue weighted by Crippen LogP contribution is 2.59. The van der Waals surface area contributed by atoms with Crippen LogP contribution in [0.15, 0.2) is 73.8 Å². The molecule has 11 nitrogen and oxygen atoms in total. The number of methoxy groups -OCH3 is 1. The molecule has 3 fully saturated rings. The van der Waals surface area contributed by atoms with Gasteiger partial charge < -0.3 is 34.4 Å². The van der Waals surface area contributed by atoms with Crippen molar-refractivity contribution < 1.29 is 38.5 Å². The Bertz CT molecular complexity index is 1660. The molecule has 2 aromatic rings. The van der Waals surface area contributed by atoms with Crippen LogP contribution in [0.2, 0.25) is 0 Å². The average molecular weight is 730 g/mol. The van der Waals surface area contributed by atoms with Crippen molar-refractivity contribution in [1.82, 2.24) is 10.2 Å². The number of aliphatic hydroxyl groups is 1. The molecule has 0 saturated carbocycles. The number of aryl methyl sites for hydroxylation is 2. The monoisotopic (exact) mass is 729 g/mol. The van der Waals surface area contributed by atoms with Crippen LogP contribution in [0.5, 0.6) is 0 Å². The Kier molecular flexibility index (Phi) is 13.0. The van der Waals surface area contributed by atoms with Gasteiger partial charge in [0.25, 0.3) is 5.91 Å². The highest BCUT2D eigenvalue weighted by Gasteiger charge is 2.76. The number of esters is 1. The molecule has 5 rings (SSSR count). The van der Waals surface area contributed by atoms with Crippen molar-refractivity contribution >= 4 is 29.4 Å². The number of aliphatic hydroxyl groups excluding tert-OH is 1. The fourth-order valence-electron chi connectivity index (χ4n) is 8.57. The Labute approximate surface area is 313 Å². The van der Waals surface area contributed by atoms with E-state index in [4.69, 9.17) is 14.2 Å². The zero-order valence-corrected chi connectivity index (χ0v) is 31.7. The maximum Gasteiger partial charge on any atom is 0.313 e. The van der Waals surface area contributed by atoms with Gasteiger partial charge in [-0.3, -0.25) is 19.2 Å². The summed E-state index contributed by atoms with van der Waals surface area (Å²) in [6, 6.07) is 12.4. The normalized spacial score (nSPS) is 24.7. The molecule has 1 spiro atoms. The molecule has 3 aliphatic heterocycles. The van der Waals surface area contributed by atoms with Gasteiger partial charge in [0, 0.05) is 25.8 Å². The minimum Gasteiger partial charge on any atom is -0.455 e. The smallest absolute Gasteiger partial charge is 0.313 e. The number of nitrogens with zero attached hydrogens (tertiary/aromatic N) is 2. The molecule has 2 aromatic carbocycles. The van der Waals surface area contributed by atoms with E-state index in [1.807, 2.05) is 76.2 Å². The maximum absolute atomic E-state index is 15.1. The van der Waals surface area contributed by atoms with Gasteiger partial charge in [0.1, 0.15) is 17.7 Å². The minimum atomic E-state index is -1.32. The number of carbonyl (C=O) groups is 4. The Morgan fingerprint density at radius 1 is 1.13 bits per heavy atom. The molecule has 3 aliphatic rings. The van der Waals surface area contributed by atoms with E-state index in [0.717, 1.165) is 11.1 Å². The van der Waals surface area contributed by atoms with Gasteiger partial charge in [0.05, 0.1) is 43.2 Å². The number of hydrogen-bond acceptors (Lipinski definition) is 8. The minimum absolute atomic E-state index is 0.0544. The Morgan fingerprint density at radius 2 is 1.87 bits per heavy atom. The molecule has 0 radical (unpaired) electrons. The lowest BCUT2D eigenvalue weighted by Gasteiger charge is -2.40. The molecule has 8 atom stereocenters. The third-order valence-electron chi connectivity index (χ3n) is 10.8. The van der Waals surface area contributed by atoms with Crippen molar-refractivity contribution in [1.29, 1.82) is 0 Å². The van der Waals surface area contributed by atoms with Gasteiger partial charge in [-0.1, -0.05) is 68.5 Å². The summed E-state index contributed by atoms with van der Waals surface area (Å²) in [6.07, 6.45) is 3.64. The standard InChI is InChI=1S/C42H55N3O8/c1-8-10-16-34(47)43-31(25-51-7)37(29-14-12-11-13-15-29)52-41(50)35-33-19-20-42(53-33)36(35)39(48)45(30(24-46)22-26(3)4)38(42)40(49)44(21-9-2)32-23-27(5)17-18-28(32)6/h8-9,11-15,17-18,23,26,30-31,33,35-38,46H,1-2,10,16,19-22,24-25H2,3-7H3,(H,43,47)/t30-,31-,33-,35+,36+,37-,38-,42+/m1/s1. The first-order chi connectivity index (χ1) is 25.4. The van der Waals surface area contributed by atoms with E-state index >= 15 is 4.79 Å². The summed E-state index contributed by atoms with van der Waals surface area (Å²) in [5, 5.41) is 13.7. The summed E-state index contributed by atoms with van der Waals surface area (Å²) in [6.45, 7) is 15.4. The largest absolute Gasteiger partial charge is 0.455 e. The van der Waals surface area contributed by atoms with Crippen molar-refractivity contribution in [3.05, 3.63) is 90.5 Å². The number of rotatable bonds is 18. The number of fused-ring (bicyclic) bond motifs is 1. The van der Waals surface area contributed by atoms with E-state index in [1.54, 1.807) is 17.1 Å². The predicted octanol–water partition coefficient (Wildman–Crippen LogP) is 4.99. The lowest BCUT2D eigenvalue weighted by atomic mass is 9.70. The fourth-order valence-corrected chi connectivity index (χ4v) is 8.57. The van der Waals surface area contributed by atoms with Crippen molar-refractivity contribution in [2.75, 3.05) is 31.8 Å². The Balaban J connectivity index is 1.55. The Hall–Kier alpha value is -4.32. The Morgan fingerprint density at radius 3 is 2.51 bits per heavy atom. The summed E-state index contributed by atoms with van der Waals surface area (Å²) in [5.74, 6) is -3.60. The van der Waals surface area contributed by atoms with Crippen LogP contribution in [-0.2, 0) is 33.4 Å². The molecule has 11 heteroatoms. The van der Waals surface area contributed by atoms with E-state index in [2.05, 4.69) is 18.5 Å². The van der Waals surface area contributed by atoms with E-state index in [-0.39, 0.29) is 43.9 Å². The second-order valence-electron chi connectivity index (χ2n) is 15.0. The molecule has 0 unspecified atom stereocenters. The van der Waals surface area contributed by atoms with Crippen LogP contribution in [-0.4, -0.2) is 90.4 Å². The number of allylic oxidation sites excluding steroid dienone is 1. The van der Waals surface area contributed by atoms with Gasteiger partial charge in [-0.15, -0.1) is 13.2 Å². The molecule has 53 heavy (non-hydrogen) atoms. The zero-order valence-electron chi connectivity index (χ0n) is 31.7. The number of benzene rings is 2. The van der Waals surface area contributed by atoms with Gasteiger partial charge in [-0.25, -0.2) is 0 Å². The third kappa shape index (κ3) is 7.98. The fraction of sp³-hybridized carbons (Fsp3) is 0.524. The second-order valence-corrected chi connectivity index (χ2v) is 15.0. The average Bonchev–Trinajstić information content (AvgIpc) is 3.79. The summed E-state index contributed by atoms with van der Waals surface area (Å²) in [4.78, 5) is 60.7. The van der Waals surface area contributed by atoms with Crippen LogP contribution in [0.1, 0.15) is 68.7 Å². The first-order valence-corrected chi connectivity index (χ1v) is 18.7. The highest BCUT2D eigenvalue weighted by atomic mass is 16.6. The molecule has 0 aliphatic carbocycles. The molecular weight excluding hydrogens is 674 g/mol. The molecule has 3 heterocycles. The first kappa shape index (κ1) is 39.9. The molecule has 2 N–H and O–H groups in total. The summed E-state index contributed by atoms with van der Waals surface area (Å²) in [7, 11) is 1.51. The van der Waals surface area contributed by atoms with Crippen molar-refractivity contribution in [2.24, 2.45) is 17.8 Å². The summed E-state index contributed by atoms with van der Waals surface area (Å²) < 4.78 is 18.6. The van der Waals surface area contributed by atoms with E-state index in [1.165, 1.54) is 12.0 Å². The van der Waals surface area contributed by atoms with Crippen LogP contribution < -0.4 is 10.2 Å². The van der Waals surface area contributed by atoms with Crippen LogP contribution in [0.4, 0.5) is 5.69 Å². The van der Waals surface area contributed by atoms with Crippen LogP contribution in [0.25, 0.3) is 0 Å². The van der Waals surface area contributed by atoms with Gasteiger partial charge in [-0.2, -0.15) is 0 Å². The van der Waals surface area contributed by atoms with Gasteiger partial charge >= 0.3 is 5.97 Å². The lowest BCUT2D eigenvalue weighted by molar-refractivity contribution is -0.163. The van der Waals surface area contributed by atoms with Crippen molar-refractivity contribution in [2.45, 2.75) is 95.7 Å². The first-order valence-electron chi connectivity index (χ1n) is 18.7. The van der Waals surface area contributed by atoms with E-state index in [9.17, 15) is 19.5 Å². The molecule has 3 saturated heterocycles. The number of ether oxygens (including phenoxy) is 3. The van der Waals surface area contributed by atoms with Crippen LogP contribution in [0, 0.1) is 31.6 Å². The number of amides is 3. The topological polar surface area (TPSA) is 135 Å². The number of carbonyl (C=O) groups excluding carboxylic acids is 4. The highest BCUT2D eigenvalue weighted by molar-refractivity contribution is 6.05. The van der Waals surface area contributed by atoms with Gasteiger partial charge in [-0.05, 0) is 68.2 Å². The van der Waals surface area contributed by atoms with Crippen LogP contribution in [0.3, 0.4) is 0 Å². The predicted molar refractivity (Wildman–Crippen MR) is 202 cm³/mol. The maximum atomic E-state index is 15.1. The second kappa shape index (κ2) is 17.2. The van der Waals surface area contributed by atoms with E-state index in [0.29, 0.717) is 36.9 Å². The summed E-state index contributed by atoms with van der Waals surface area (Å²) >= 11 is 0. The quantitative estimate of drug-likeness (QED) is 0.162. The molecule has 3 amide bonds. The number of likely N-dealkylation sites (tertiary alicyclic amines) is 1. The van der Waals surface area contributed by atoms with E-state index < -0.39 is 59.6 Å². The number of hydrogen-bond donors (Lipinski definition) is 2. The lowest BCUT2D eigenvalue weighted by Crippen LogP contribution is -2.59. The molecule has 0 aromatic heterocycles.